The van der Waals surface area contributed by atoms with Crippen LogP contribution in [0.15, 0.2) is 54.0 Å². The Kier molecular flexibility index (Phi) is 6.82. The Morgan fingerprint density at radius 3 is 2.67 bits per heavy atom. The van der Waals surface area contributed by atoms with E-state index in [0.29, 0.717) is 29.4 Å². The topological polar surface area (TPSA) is 158 Å². The van der Waals surface area contributed by atoms with Gasteiger partial charge in [-0.25, -0.2) is 9.51 Å². The fourth-order valence-corrected chi connectivity index (χ4v) is 4.79. The Morgan fingerprint density at radius 1 is 1.11 bits per heavy atom. The van der Waals surface area contributed by atoms with Gasteiger partial charge in [-0.2, -0.15) is 10.2 Å². The van der Waals surface area contributed by atoms with Gasteiger partial charge in [0.05, 0.1) is 46.4 Å². The van der Waals surface area contributed by atoms with Crippen LogP contribution in [0.3, 0.4) is 0 Å². The minimum absolute atomic E-state index is 0.0639. The van der Waals surface area contributed by atoms with Crippen LogP contribution in [-0.2, 0) is 6.54 Å². The molecule has 36 heavy (non-hydrogen) atoms. The second-order valence-corrected chi connectivity index (χ2v) is 9.57. The summed E-state index contributed by atoms with van der Waals surface area (Å²) in [6, 6.07) is 7.15. The molecule has 4 aromatic rings. The minimum Gasteiger partial charge on any atom is -0.508 e. The van der Waals surface area contributed by atoms with Crippen LogP contribution in [0.5, 0.6) is 5.75 Å². The molecule has 0 radical (unpaired) electrons. The highest BCUT2D eigenvalue weighted by Crippen LogP contribution is 2.33. The first-order valence-electron chi connectivity index (χ1n) is 12.0. The number of nitrogens with two attached hydrogens (primary N) is 3. The van der Waals surface area contributed by atoms with Gasteiger partial charge >= 0.3 is 0 Å². The number of hydrogen-bond donors (Lipinski definition) is 5. The summed E-state index contributed by atoms with van der Waals surface area (Å²) in [4.78, 5) is 4.55. The van der Waals surface area contributed by atoms with Crippen molar-refractivity contribution in [3.05, 3.63) is 59.6 Å². The van der Waals surface area contributed by atoms with E-state index in [1.54, 1.807) is 12.3 Å². The van der Waals surface area contributed by atoms with Crippen molar-refractivity contribution in [1.82, 2.24) is 19.4 Å². The van der Waals surface area contributed by atoms with Crippen LogP contribution in [0.4, 0.5) is 11.4 Å². The van der Waals surface area contributed by atoms with Crippen molar-refractivity contribution in [3.8, 4) is 16.9 Å². The van der Waals surface area contributed by atoms with Gasteiger partial charge in [-0.05, 0) is 43.9 Å². The van der Waals surface area contributed by atoms with Gasteiger partial charge in [-0.15, -0.1) is 0 Å². The predicted molar refractivity (Wildman–Crippen MR) is 143 cm³/mol. The molecular weight excluding hydrogens is 478 g/mol. The van der Waals surface area contributed by atoms with Gasteiger partial charge < -0.3 is 27.6 Å². The highest BCUT2D eigenvalue weighted by molar-refractivity contribution is 6.33. The summed E-state index contributed by atoms with van der Waals surface area (Å²) in [5.41, 5.74) is 23.1. The Bertz CT molecular complexity index is 1400. The van der Waals surface area contributed by atoms with Crippen LogP contribution in [0.2, 0.25) is 5.02 Å². The molecule has 188 valence electrons. The van der Waals surface area contributed by atoms with E-state index >= 15 is 0 Å². The van der Waals surface area contributed by atoms with Gasteiger partial charge in [0.15, 0.2) is 0 Å². The monoisotopic (exact) mass is 507 g/mol. The second-order valence-electron chi connectivity index (χ2n) is 9.16. The zero-order valence-electron chi connectivity index (χ0n) is 19.8. The van der Waals surface area contributed by atoms with Crippen LogP contribution in [-0.4, -0.2) is 49.0 Å². The number of phenolic OH excluding ortho intramolecular Hbond substituents is 1. The maximum atomic E-state index is 9.67. The van der Waals surface area contributed by atoms with Crippen LogP contribution < -0.4 is 22.5 Å². The highest BCUT2D eigenvalue weighted by Gasteiger charge is 2.22. The number of nitrogens with zero attached hydrogens (tertiary/aromatic N) is 5. The predicted octanol–water partition coefficient (Wildman–Crippen LogP) is 3.23. The Morgan fingerprint density at radius 2 is 1.92 bits per heavy atom. The molecule has 11 heteroatoms. The normalized spacial score (nSPS) is 18.6. The molecule has 1 aliphatic carbocycles. The fourth-order valence-electron chi connectivity index (χ4n) is 4.57. The molecule has 0 bridgehead atoms. The Hall–Kier alpha value is -3.60. The lowest BCUT2D eigenvalue weighted by molar-refractivity contribution is 0.411. The van der Waals surface area contributed by atoms with E-state index in [2.05, 4.69) is 26.6 Å². The standard InChI is InChI=1S/C25H30ClN9O/c26-21-10-19(36)5-6-22(21)33-25(29)20-12-31-35-14-15(16-11-30-34(13-16)8-7-27)9-23(35)24(20)32-18-3-1-17(28)2-4-18/h5-6,9-14,17-18,32,36H,1-4,7-8,27-28H2,(H2,29,33). The molecule has 0 spiro atoms. The number of halogens is 1. The molecular formula is C25H30ClN9O. The summed E-state index contributed by atoms with van der Waals surface area (Å²) >= 11 is 6.28. The van der Waals surface area contributed by atoms with E-state index < -0.39 is 0 Å². The molecule has 1 aliphatic rings. The summed E-state index contributed by atoms with van der Waals surface area (Å²) in [6.07, 6.45) is 11.3. The largest absolute Gasteiger partial charge is 0.508 e. The lowest BCUT2D eigenvalue weighted by Crippen LogP contribution is -2.33. The number of aromatic hydroxyl groups is 1. The van der Waals surface area contributed by atoms with Crippen molar-refractivity contribution in [2.45, 2.75) is 44.3 Å². The smallest absolute Gasteiger partial charge is 0.135 e. The van der Waals surface area contributed by atoms with Gasteiger partial charge in [0.25, 0.3) is 0 Å². The Labute approximate surface area is 213 Å². The molecule has 1 saturated carbocycles. The summed E-state index contributed by atoms with van der Waals surface area (Å²) in [5.74, 6) is 0.333. The number of nitrogens with one attached hydrogen (secondary N) is 1. The first-order valence-corrected chi connectivity index (χ1v) is 12.4. The maximum Gasteiger partial charge on any atom is 0.135 e. The number of benzene rings is 1. The molecule has 5 rings (SSSR count). The summed E-state index contributed by atoms with van der Waals surface area (Å²) in [5, 5.41) is 22.7. The van der Waals surface area contributed by atoms with Crippen LogP contribution >= 0.6 is 11.6 Å². The van der Waals surface area contributed by atoms with E-state index in [1.807, 2.05) is 27.8 Å². The molecule has 8 N–H and O–H groups in total. The third-order valence-corrected chi connectivity index (χ3v) is 6.83. The quantitative estimate of drug-likeness (QED) is 0.190. The minimum atomic E-state index is 0.0639. The number of hydrogen-bond acceptors (Lipinski definition) is 7. The third kappa shape index (κ3) is 5.01. The van der Waals surface area contributed by atoms with E-state index in [9.17, 15) is 5.11 Å². The van der Waals surface area contributed by atoms with E-state index in [-0.39, 0.29) is 23.7 Å². The van der Waals surface area contributed by atoms with E-state index in [1.165, 1.54) is 12.1 Å². The first-order chi connectivity index (χ1) is 17.4. The summed E-state index contributed by atoms with van der Waals surface area (Å²) < 4.78 is 3.66. The van der Waals surface area contributed by atoms with Crippen molar-refractivity contribution >= 4 is 34.3 Å². The average Bonchev–Trinajstić information content (AvgIpc) is 3.50. The molecule has 0 aliphatic heterocycles. The molecule has 10 nitrogen and oxygen atoms in total. The molecule has 3 aromatic heterocycles. The van der Waals surface area contributed by atoms with Crippen LogP contribution in [0.1, 0.15) is 31.2 Å². The lowest BCUT2D eigenvalue weighted by atomic mass is 9.91. The van der Waals surface area contributed by atoms with Crippen LogP contribution in [0, 0.1) is 0 Å². The first kappa shape index (κ1) is 24.1. The number of fused-ring (bicyclic) bond motifs is 1. The lowest BCUT2D eigenvalue weighted by Gasteiger charge is -2.28. The summed E-state index contributed by atoms with van der Waals surface area (Å²) in [6.45, 7) is 1.17. The molecule has 0 atom stereocenters. The number of aromatic nitrogens is 4. The van der Waals surface area contributed by atoms with Gasteiger partial charge in [0.2, 0.25) is 0 Å². The van der Waals surface area contributed by atoms with Crippen molar-refractivity contribution in [1.29, 1.82) is 0 Å². The van der Waals surface area contributed by atoms with Crippen molar-refractivity contribution in [2.24, 2.45) is 22.2 Å². The van der Waals surface area contributed by atoms with Crippen molar-refractivity contribution < 1.29 is 5.11 Å². The van der Waals surface area contributed by atoms with Gasteiger partial charge in [-0.3, -0.25) is 4.68 Å². The van der Waals surface area contributed by atoms with Gasteiger partial charge in [-0.1, -0.05) is 11.6 Å². The van der Waals surface area contributed by atoms with Crippen molar-refractivity contribution in [2.75, 3.05) is 11.9 Å². The number of anilines is 1. The Balaban J connectivity index is 1.57. The van der Waals surface area contributed by atoms with Crippen LogP contribution in [0.25, 0.3) is 16.6 Å². The molecule has 1 fully saturated rings. The molecule has 1 aromatic carbocycles. The van der Waals surface area contributed by atoms with Gasteiger partial charge in [0, 0.05) is 48.2 Å². The summed E-state index contributed by atoms with van der Waals surface area (Å²) in [7, 11) is 0. The van der Waals surface area contributed by atoms with E-state index in [4.69, 9.17) is 28.8 Å². The number of amidine groups is 1. The van der Waals surface area contributed by atoms with Crippen molar-refractivity contribution in [3.63, 3.8) is 0 Å². The third-order valence-electron chi connectivity index (χ3n) is 6.53. The molecule has 3 heterocycles. The molecule has 0 saturated heterocycles. The SMILES string of the molecule is NCCn1cc(-c2cc3c(NC4CCC(N)CC4)c(C(N)=Nc4ccc(O)cc4Cl)cnn3c2)cn1. The molecule has 0 unspecified atom stereocenters. The molecule has 0 amide bonds. The average molecular weight is 508 g/mol. The fraction of sp³-hybridized carbons (Fsp3) is 0.320. The number of phenols is 1. The van der Waals surface area contributed by atoms with Gasteiger partial charge in [0.1, 0.15) is 11.6 Å². The zero-order chi connectivity index (χ0) is 25.2. The highest BCUT2D eigenvalue weighted by atomic mass is 35.5. The number of rotatable bonds is 7. The van der Waals surface area contributed by atoms with E-state index in [0.717, 1.165) is 48.0 Å². The zero-order valence-corrected chi connectivity index (χ0v) is 20.6. The number of aliphatic imine (C=N–C) groups is 1. The second kappa shape index (κ2) is 10.2. The maximum absolute atomic E-state index is 9.67.